The molecule has 0 radical (unpaired) electrons. The molecule has 1 atom stereocenters. The van der Waals surface area contributed by atoms with E-state index < -0.39 is 40.2 Å². The normalized spacial score (nSPS) is 12.0. The van der Waals surface area contributed by atoms with Crippen LogP contribution in [-0.4, -0.2) is 51.0 Å². The van der Waals surface area contributed by atoms with E-state index in [4.69, 9.17) is 23.2 Å². The monoisotopic (exact) mass is 565 g/mol. The predicted molar refractivity (Wildman–Crippen MR) is 144 cm³/mol. The first kappa shape index (κ1) is 28.4. The predicted octanol–water partition coefficient (Wildman–Crippen LogP) is 4.28. The van der Waals surface area contributed by atoms with Crippen molar-refractivity contribution in [2.24, 2.45) is 0 Å². The number of carbonyl (C=O) groups excluding carboxylic acids is 2. The van der Waals surface area contributed by atoms with Crippen molar-refractivity contribution in [1.82, 2.24) is 10.2 Å². The number of nitrogens with zero attached hydrogens (tertiary/aromatic N) is 2. The highest BCUT2D eigenvalue weighted by atomic mass is 35.5. The van der Waals surface area contributed by atoms with Crippen molar-refractivity contribution in [3.05, 3.63) is 99.8 Å². The van der Waals surface area contributed by atoms with Crippen molar-refractivity contribution >= 4 is 50.7 Å². The van der Waals surface area contributed by atoms with Gasteiger partial charge >= 0.3 is 0 Å². The number of halogens is 3. The number of carbonyl (C=O) groups is 2. The van der Waals surface area contributed by atoms with E-state index >= 15 is 0 Å². The lowest BCUT2D eigenvalue weighted by atomic mass is 10.0. The first-order chi connectivity index (χ1) is 17.5. The number of rotatable bonds is 10. The third-order valence-corrected chi connectivity index (χ3v) is 7.63. The summed E-state index contributed by atoms with van der Waals surface area (Å²) in [6, 6.07) is 18.2. The van der Waals surface area contributed by atoms with E-state index in [-0.39, 0.29) is 34.3 Å². The molecule has 0 unspecified atom stereocenters. The largest absolute Gasteiger partial charge is 0.357 e. The van der Waals surface area contributed by atoms with Gasteiger partial charge < -0.3 is 10.2 Å². The summed E-state index contributed by atoms with van der Waals surface area (Å²) in [5.74, 6) is -1.77. The van der Waals surface area contributed by atoms with Gasteiger partial charge in [-0.05, 0) is 23.8 Å². The second-order valence-corrected chi connectivity index (χ2v) is 11.0. The van der Waals surface area contributed by atoms with E-state index in [1.54, 1.807) is 30.3 Å². The Morgan fingerprint density at radius 1 is 0.973 bits per heavy atom. The van der Waals surface area contributed by atoms with Crippen LogP contribution in [0.2, 0.25) is 10.0 Å². The fourth-order valence-electron chi connectivity index (χ4n) is 3.81. The van der Waals surface area contributed by atoms with Crippen LogP contribution in [0, 0.1) is 5.82 Å². The lowest BCUT2D eigenvalue weighted by Crippen LogP contribution is -2.53. The minimum atomic E-state index is -4.01. The van der Waals surface area contributed by atoms with E-state index in [1.807, 2.05) is 6.07 Å². The minimum absolute atomic E-state index is 0.00964. The van der Waals surface area contributed by atoms with Gasteiger partial charge in [0.15, 0.2) is 0 Å². The summed E-state index contributed by atoms with van der Waals surface area (Å²) in [7, 11) is -2.58. The highest BCUT2D eigenvalue weighted by molar-refractivity contribution is 7.92. The molecule has 2 amide bonds. The highest BCUT2D eigenvalue weighted by Crippen LogP contribution is 2.34. The molecule has 3 aromatic carbocycles. The summed E-state index contributed by atoms with van der Waals surface area (Å²) < 4.78 is 40.9. The van der Waals surface area contributed by atoms with Crippen LogP contribution in [-0.2, 0) is 32.6 Å². The molecule has 0 heterocycles. The van der Waals surface area contributed by atoms with E-state index in [0.29, 0.717) is 0 Å². The molecule has 196 valence electrons. The molecule has 0 saturated heterocycles. The Hall–Kier alpha value is -3.14. The summed E-state index contributed by atoms with van der Waals surface area (Å²) in [4.78, 5) is 28.0. The maximum absolute atomic E-state index is 14.6. The molecular weight excluding hydrogens is 540 g/mol. The fraction of sp³-hybridized carbons (Fsp3) is 0.231. The van der Waals surface area contributed by atoms with Gasteiger partial charge in [-0.15, -0.1) is 0 Å². The summed E-state index contributed by atoms with van der Waals surface area (Å²) in [6.45, 7) is -0.951. The maximum atomic E-state index is 14.6. The smallest absolute Gasteiger partial charge is 0.244 e. The summed E-state index contributed by atoms with van der Waals surface area (Å²) >= 11 is 12.4. The number of nitrogens with one attached hydrogen (secondary N) is 1. The third-order valence-electron chi connectivity index (χ3n) is 5.70. The van der Waals surface area contributed by atoms with Crippen molar-refractivity contribution in [2.75, 3.05) is 24.2 Å². The van der Waals surface area contributed by atoms with Gasteiger partial charge in [0.25, 0.3) is 0 Å². The first-order valence-electron chi connectivity index (χ1n) is 11.2. The Morgan fingerprint density at radius 2 is 1.62 bits per heavy atom. The molecule has 0 spiro atoms. The molecule has 11 heteroatoms. The SMILES string of the molecule is CNC(=O)[C@H](Cc1ccccc1)N(Cc1ccccc1F)C(=O)CN(c1cccc(Cl)c1Cl)S(C)(=O)=O. The third kappa shape index (κ3) is 7.21. The standard InChI is InChI=1S/C26H26Cl2FN3O4S/c1-30-26(34)23(15-18-9-4-3-5-10-18)31(16-19-11-6-7-13-21(19)29)24(33)17-32(37(2,35)36)22-14-8-12-20(27)25(22)28/h3-14,23H,15-17H2,1-2H3,(H,30,34)/t23-/m0/s1. The van der Waals surface area contributed by atoms with Crippen LogP contribution in [0.1, 0.15) is 11.1 Å². The number of anilines is 1. The van der Waals surface area contributed by atoms with Gasteiger partial charge in [0, 0.05) is 25.6 Å². The van der Waals surface area contributed by atoms with E-state index in [0.717, 1.165) is 16.1 Å². The highest BCUT2D eigenvalue weighted by Gasteiger charge is 2.33. The lowest BCUT2D eigenvalue weighted by molar-refractivity contribution is -0.139. The molecule has 0 bridgehead atoms. The zero-order valence-electron chi connectivity index (χ0n) is 20.2. The Balaban J connectivity index is 2.07. The molecule has 0 aromatic heterocycles. The van der Waals surface area contributed by atoms with E-state index in [1.165, 1.54) is 48.3 Å². The van der Waals surface area contributed by atoms with Crippen molar-refractivity contribution in [3.63, 3.8) is 0 Å². The summed E-state index contributed by atoms with van der Waals surface area (Å²) in [5, 5.41) is 2.62. The molecule has 0 aliphatic heterocycles. The number of hydrogen-bond acceptors (Lipinski definition) is 4. The zero-order valence-corrected chi connectivity index (χ0v) is 22.5. The van der Waals surface area contributed by atoms with Crippen LogP contribution in [0.3, 0.4) is 0 Å². The van der Waals surface area contributed by atoms with Gasteiger partial charge in [-0.2, -0.15) is 0 Å². The van der Waals surface area contributed by atoms with E-state index in [9.17, 15) is 22.4 Å². The van der Waals surface area contributed by atoms with Crippen LogP contribution in [0.5, 0.6) is 0 Å². The van der Waals surface area contributed by atoms with Crippen LogP contribution >= 0.6 is 23.2 Å². The summed E-state index contributed by atoms with van der Waals surface area (Å²) in [5.41, 5.74) is 0.945. The zero-order chi connectivity index (χ0) is 27.2. The molecule has 37 heavy (non-hydrogen) atoms. The average molecular weight is 566 g/mol. The van der Waals surface area contributed by atoms with Crippen molar-refractivity contribution in [2.45, 2.75) is 19.0 Å². The topological polar surface area (TPSA) is 86.8 Å². The molecule has 1 N–H and O–H groups in total. The van der Waals surface area contributed by atoms with E-state index in [2.05, 4.69) is 5.32 Å². The van der Waals surface area contributed by atoms with Gasteiger partial charge in [-0.1, -0.05) is 77.8 Å². The number of sulfonamides is 1. The van der Waals surface area contributed by atoms with Crippen molar-refractivity contribution in [1.29, 1.82) is 0 Å². The molecule has 0 saturated carbocycles. The Bertz CT molecular complexity index is 1370. The molecule has 0 aliphatic rings. The molecule has 0 aliphatic carbocycles. The molecule has 3 aromatic rings. The quantitative estimate of drug-likeness (QED) is 0.397. The maximum Gasteiger partial charge on any atom is 0.244 e. The van der Waals surface area contributed by atoms with Crippen LogP contribution in [0.25, 0.3) is 0 Å². The van der Waals surface area contributed by atoms with Crippen molar-refractivity contribution < 1.29 is 22.4 Å². The van der Waals surface area contributed by atoms with Crippen LogP contribution in [0.15, 0.2) is 72.8 Å². The van der Waals surface area contributed by atoms with Gasteiger partial charge in [0.1, 0.15) is 18.4 Å². The van der Waals surface area contributed by atoms with Crippen LogP contribution < -0.4 is 9.62 Å². The number of hydrogen-bond donors (Lipinski definition) is 1. The van der Waals surface area contributed by atoms with Gasteiger partial charge in [0.05, 0.1) is 22.0 Å². The summed E-state index contributed by atoms with van der Waals surface area (Å²) in [6.07, 6.45) is 1.05. The van der Waals surface area contributed by atoms with Gasteiger partial charge in [0.2, 0.25) is 21.8 Å². The second kappa shape index (κ2) is 12.4. The first-order valence-corrected chi connectivity index (χ1v) is 13.8. The Kier molecular flexibility index (Phi) is 9.53. The second-order valence-electron chi connectivity index (χ2n) is 8.28. The van der Waals surface area contributed by atoms with Gasteiger partial charge in [-0.3, -0.25) is 13.9 Å². The molecule has 7 nitrogen and oxygen atoms in total. The Morgan fingerprint density at radius 3 is 2.24 bits per heavy atom. The number of benzene rings is 3. The van der Waals surface area contributed by atoms with Crippen LogP contribution in [0.4, 0.5) is 10.1 Å². The average Bonchev–Trinajstić information content (AvgIpc) is 2.87. The minimum Gasteiger partial charge on any atom is -0.357 e. The molecular formula is C26H26Cl2FN3O4S. The number of likely N-dealkylation sites (N-methyl/N-ethyl adjacent to an activating group) is 1. The lowest BCUT2D eigenvalue weighted by Gasteiger charge is -2.33. The van der Waals surface area contributed by atoms with Crippen molar-refractivity contribution in [3.8, 4) is 0 Å². The van der Waals surface area contributed by atoms with Gasteiger partial charge in [-0.25, -0.2) is 12.8 Å². The number of amides is 2. The Labute approximate surface area is 225 Å². The molecule has 0 fully saturated rings. The molecule has 3 rings (SSSR count). The fourth-order valence-corrected chi connectivity index (χ4v) is 5.11.